The molecule has 0 spiro atoms. The standard InChI is InChI=1S/C15H11F2N3O.C6H8N2.C5H10O/c1-8-19-13-11(10-4-3-9(16)7-12(10)17)5-6-18-14(13)15(21)20(8)2;1-4-7-8(5-1)6-2-3-6;1-2-4-6-5-3-1/h3-7H,1-2H3;1,4-6H,2-3H2;1-5H2. The van der Waals surface area contributed by atoms with Crippen LogP contribution in [0.25, 0.3) is 22.2 Å². The topological polar surface area (TPSA) is 74.8 Å². The molecule has 0 atom stereocenters. The number of rotatable bonds is 2. The van der Waals surface area contributed by atoms with Crippen LogP contribution in [0.15, 0.2) is 53.7 Å². The third kappa shape index (κ3) is 6.16. The van der Waals surface area contributed by atoms with Crippen molar-refractivity contribution in [3.8, 4) is 11.1 Å². The monoisotopic (exact) mass is 481 g/mol. The number of aromatic nitrogens is 5. The molecule has 1 saturated carbocycles. The molecule has 2 aliphatic rings. The Hall–Kier alpha value is -3.46. The first-order valence-electron chi connectivity index (χ1n) is 11.8. The molecule has 6 rings (SSSR count). The smallest absolute Gasteiger partial charge is 0.279 e. The van der Waals surface area contributed by atoms with Gasteiger partial charge in [0, 0.05) is 56.0 Å². The summed E-state index contributed by atoms with van der Waals surface area (Å²) in [6, 6.07) is 7.57. The van der Waals surface area contributed by atoms with Gasteiger partial charge in [-0.3, -0.25) is 14.0 Å². The van der Waals surface area contributed by atoms with Crippen molar-refractivity contribution in [2.24, 2.45) is 7.05 Å². The first-order valence-corrected chi connectivity index (χ1v) is 11.8. The highest BCUT2D eigenvalue weighted by molar-refractivity contribution is 5.90. The molecule has 4 aromatic rings. The fourth-order valence-corrected chi connectivity index (χ4v) is 3.71. The van der Waals surface area contributed by atoms with E-state index < -0.39 is 11.6 Å². The summed E-state index contributed by atoms with van der Waals surface area (Å²) < 4.78 is 35.5. The largest absolute Gasteiger partial charge is 0.381 e. The highest BCUT2D eigenvalue weighted by Crippen LogP contribution is 2.33. The highest BCUT2D eigenvalue weighted by atomic mass is 19.1. The molecule has 3 aromatic heterocycles. The molecule has 1 aliphatic carbocycles. The average Bonchev–Trinajstić information content (AvgIpc) is 3.58. The molecular formula is C26H29F2N5O2. The quantitative estimate of drug-likeness (QED) is 0.403. The number of halogens is 2. The van der Waals surface area contributed by atoms with Crippen LogP contribution >= 0.6 is 0 Å². The second-order valence-corrected chi connectivity index (χ2v) is 8.59. The average molecular weight is 482 g/mol. The Labute approximate surface area is 202 Å². The second kappa shape index (κ2) is 11.3. The van der Waals surface area contributed by atoms with Crippen molar-refractivity contribution in [1.82, 2.24) is 24.3 Å². The van der Waals surface area contributed by atoms with Gasteiger partial charge in [-0.15, -0.1) is 0 Å². The molecular weight excluding hydrogens is 452 g/mol. The third-order valence-electron chi connectivity index (χ3n) is 5.94. The van der Waals surface area contributed by atoms with Gasteiger partial charge in [-0.05, 0) is 63.3 Å². The Balaban J connectivity index is 0.000000166. The molecule has 0 bridgehead atoms. The fraction of sp³-hybridized carbons (Fsp3) is 0.385. The van der Waals surface area contributed by atoms with Crippen molar-refractivity contribution in [1.29, 1.82) is 0 Å². The number of ether oxygens (including phenoxy) is 1. The van der Waals surface area contributed by atoms with Gasteiger partial charge in [-0.25, -0.2) is 18.7 Å². The summed E-state index contributed by atoms with van der Waals surface area (Å²) in [6.45, 7) is 3.68. The predicted molar refractivity (Wildman–Crippen MR) is 130 cm³/mol. The molecule has 35 heavy (non-hydrogen) atoms. The van der Waals surface area contributed by atoms with Gasteiger partial charge in [-0.1, -0.05) is 0 Å². The molecule has 9 heteroatoms. The van der Waals surface area contributed by atoms with E-state index in [2.05, 4.69) is 15.1 Å². The first kappa shape index (κ1) is 24.7. The lowest BCUT2D eigenvalue weighted by atomic mass is 10.0. The number of nitrogens with zero attached hydrogens (tertiary/aromatic N) is 5. The SMILES string of the molecule is C1CCOCC1.Cc1nc2c(-c3ccc(F)cc3F)ccnc2c(=O)n1C.c1cnn(C2CC2)c1. The van der Waals surface area contributed by atoms with Crippen molar-refractivity contribution in [2.45, 2.75) is 45.1 Å². The van der Waals surface area contributed by atoms with Crippen molar-refractivity contribution >= 4 is 11.0 Å². The fourth-order valence-electron chi connectivity index (χ4n) is 3.71. The van der Waals surface area contributed by atoms with Gasteiger partial charge >= 0.3 is 0 Å². The lowest BCUT2D eigenvalue weighted by Crippen LogP contribution is -2.21. The van der Waals surface area contributed by atoms with Crippen LogP contribution in [-0.2, 0) is 11.8 Å². The van der Waals surface area contributed by atoms with Crippen LogP contribution in [0.4, 0.5) is 8.78 Å². The van der Waals surface area contributed by atoms with Crippen LogP contribution in [0.1, 0.15) is 44.0 Å². The Morgan fingerprint density at radius 2 is 1.77 bits per heavy atom. The highest BCUT2D eigenvalue weighted by Gasteiger charge is 2.23. The summed E-state index contributed by atoms with van der Waals surface area (Å²) in [4.78, 5) is 20.5. The van der Waals surface area contributed by atoms with Crippen LogP contribution < -0.4 is 5.56 Å². The van der Waals surface area contributed by atoms with Gasteiger partial charge in [-0.2, -0.15) is 5.10 Å². The molecule has 2 fully saturated rings. The summed E-state index contributed by atoms with van der Waals surface area (Å²) in [7, 11) is 1.59. The molecule has 1 saturated heterocycles. The predicted octanol–water partition coefficient (Wildman–Crippen LogP) is 4.99. The Bertz CT molecular complexity index is 1320. The maximum atomic E-state index is 14.0. The Kier molecular flexibility index (Phi) is 7.97. The van der Waals surface area contributed by atoms with Gasteiger partial charge in [0.15, 0.2) is 5.52 Å². The van der Waals surface area contributed by atoms with E-state index in [9.17, 15) is 13.6 Å². The minimum absolute atomic E-state index is 0.157. The van der Waals surface area contributed by atoms with E-state index in [4.69, 9.17) is 4.74 Å². The van der Waals surface area contributed by atoms with Crippen molar-refractivity contribution in [3.63, 3.8) is 0 Å². The molecule has 1 aliphatic heterocycles. The van der Waals surface area contributed by atoms with E-state index in [-0.39, 0.29) is 16.6 Å². The van der Waals surface area contributed by atoms with Crippen molar-refractivity contribution in [3.05, 3.63) is 76.7 Å². The molecule has 4 heterocycles. The van der Waals surface area contributed by atoms with Crippen LogP contribution in [0.3, 0.4) is 0 Å². The molecule has 0 radical (unpaired) electrons. The summed E-state index contributed by atoms with van der Waals surface area (Å²) in [5.74, 6) is -0.874. The molecule has 7 nitrogen and oxygen atoms in total. The van der Waals surface area contributed by atoms with E-state index in [0.29, 0.717) is 16.9 Å². The number of hydrogen-bond donors (Lipinski definition) is 0. The van der Waals surface area contributed by atoms with Gasteiger partial charge < -0.3 is 4.74 Å². The van der Waals surface area contributed by atoms with Crippen LogP contribution in [0, 0.1) is 18.6 Å². The van der Waals surface area contributed by atoms with E-state index in [1.165, 1.54) is 55.0 Å². The Morgan fingerprint density at radius 3 is 2.34 bits per heavy atom. The van der Waals surface area contributed by atoms with Crippen LogP contribution in [0.5, 0.6) is 0 Å². The summed E-state index contributed by atoms with van der Waals surface area (Å²) >= 11 is 0. The zero-order chi connectivity index (χ0) is 24.8. The van der Waals surface area contributed by atoms with Gasteiger partial charge in [0.2, 0.25) is 0 Å². The second-order valence-electron chi connectivity index (χ2n) is 8.59. The van der Waals surface area contributed by atoms with Crippen LogP contribution in [0.2, 0.25) is 0 Å². The number of fused-ring (bicyclic) bond motifs is 1. The van der Waals surface area contributed by atoms with Gasteiger partial charge in [0.05, 0.1) is 6.04 Å². The van der Waals surface area contributed by atoms with Crippen molar-refractivity contribution < 1.29 is 13.5 Å². The zero-order valence-corrected chi connectivity index (χ0v) is 20.0. The summed E-state index contributed by atoms with van der Waals surface area (Å²) in [6.07, 6.45) is 11.8. The zero-order valence-electron chi connectivity index (χ0n) is 20.0. The van der Waals surface area contributed by atoms with E-state index in [1.54, 1.807) is 20.0 Å². The molecule has 0 N–H and O–H groups in total. The third-order valence-corrected chi connectivity index (χ3v) is 5.94. The molecule has 184 valence electrons. The maximum Gasteiger partial charge on any atom is 0.279 e. The molecule has 1 aromatic carbocycles. The molecule has 0 amide bonds. The Morgan fingerprint density at radius 1 is 1.00 bits per heavy atom. The number of hydrogen-bond acceptors (Lipinski definition) is 5. The number of pyridine rings is 1. The van der Waals surface area contributed by atoms with E-state index >= 15 is 0 Å². The first-order chi connectivity index (χ1) is 17.0. The maximum absolute atomic E-state index is 14.0. The van der Waals surface area contributed by atoms with Gasteiger partial charge in [0.25, 0.3) is 5.56 Å². The molecule has 0 unspecified atom stereocenters. The summed E-state index contributed by atoms with van der Waals surface area (Å²) in [5.41, 5.74) is 0.761. The number of aryl methyl sites for hydroxylation is 1. The van der Waals surface area contributed by atoms with Crippen LogP contribution in [-0.4, -0.2) is 37.5 Å². The minimum atomic E-state index is -0.706. The summed E-state index contributed by atoms with van der Waals surface area (Å²) in [5, 5.41) is 4.09. The minimum Gasteiger partial charge on any atom is -0.381 e. The number of benzene rings is 1. The lowest BCUT2D eigenvalue weighted by Gasteiger charge is -2.09. The normalized spacial score (nSPS) is 15.1. The lowest BCUT2D eigenvalue weighted by molar-refractivity contribution is 0.0968. The van der Waals surface area contributed by atoms with Crippen molar-refractivity contribution in [2.75, 3.05) is 13.2 Å². The van der Waals surface area contributed by atoms with Gasteiger partial charge in [0.1, 0.15) is 23.0 Å². The van der Waals surface area contributed by atoms with E-state index in [1.807, 2.05) is 23.1 Å². The van der Waals surface area contributed by atoms with E-state index in [0.717, 1.165) is 25.3 Å².